The zero-order valence-electron chi connectivity index (χ0n) is 10.5. The third kappa shape index (κ3) is 5.50. The Labute approximate surface area is 94.2 Å². The molecule has 3 heteroatoms. The predicted molar refractivity (Wildman–Crippen MR) is 64.2 cm³/mol. The zero-order chi connectivity index (χ0) is 11.1. The lowest BCUT2D eigenvalue weighted by Gasteiger charge is -2.24. The Morgan fingerprint density at radius 1 is 1.33 bits per heavy atom. The van der Waals surface area contributed by atoms with E-state index in [1.165, 1.54) is 12.8 Å². The quantitative estimate of drug-likeness (QED) is 0.678. The third-order valence-corrected chi connectivity index (χ3v) is 3.18. The second-order valence-corrected chi connectivity index (χ2v) is 4.75. The molecule has 0 spiro atoms. The Morgan fingerprint density at radius 3 is 2.60 bits per heavy atom. The van der Waals surface area contributed by atoms with E-state index >= 15 is 0 Å². The average molecular weight is 214 g/mol. The van der Waals surface area contributed by atoms with Gasteiger partial charge in [-0.05, 0) is 53.2 Å². The van der Waals surface area contributed by atoms with Crippen LogP contribution >= 0.6 is 0 Å². The summed E-state index contributed by atoms with van der Waals surface area (Å²) in [5.74, 6) is 0. The first-order chi connectivity index (χ1) is 7.20. The highest BCUT2D eigenvalue weighted by molar-refractivity contribution is 4.68. The predicted octanol–water partition coefficient (Wildman–Crippen LogP) is 1.49. The highest BCUT2D eigenvalue weighted by Crippen LogP contribution is 2.07. The van der Waals surface area contributed by atoms with Gasteiger partial charge in [0.05, 0.1) is 6.10 Å². The summed E-state index contributed by atoms with van der Waals surface area (Å²) in [5.41, 5.74) is 0. The fourth-order valence-electron chi connectivity index (χ4n) is 1.78. The van der Waals surface area contributed by atoms with Gasteiger partial charge < -0.3 is 15.0 Å². The fourth-order valence-corrected chi connectivity index (χ4v) is 1.78. The second kappa shape index (κ2) is 7.20. The summed E-state index contributed by atoms with van der Waals surface area (Å²) in [5, 5.41) is 3.35. The Balaban J connectivity index is 1.96. The lowest BCUT2D eigenvalue weighted by atomic mass is 10.1. The number of hydrogen-bond donors (Lipinski definition) is 1. The lowest BCUT2D eigenvalue weighted by molar-refractivity contribution is 0.0277. The van der Waals surface area contributed by atoms with E-state index in [2.05, 4.69) is 31.1 Å². The van der Waals surface area contributed by atoms with Crippen LogP contribution in [0.4, 0.5) is 0 Å². The van der Waals surface area contributed by atoms with Crippen molar-refractivity contribution in [1.29, 1.82) is 0 Å². The molecule has 0 atom stereocenters. The Kier molecular flexibility index (Phi) is 6.22. The maximum Gasteiger partial charge on any atom is 0.0599 e. The van der Waals surface area contributed by atoms with E-state index in [-0.39, 0.29) is 0 Å². The number of hydrogen-bond acceptors (Lipinski definition) is 3. The number of ether oxygens (including phenoxy) is 1. The maximum atomic E-state index is 5.85. The molecule has 0 amide bonds. The van der Waals surface area contributed by atoms with Crippen molar-refractivity contribution in [3.8, 4) is 0 Å². The molecule has 0 unspecified atom stereocenters. The highest BCUT2D eigenvalue weighted by Gasteiger charge is 2.12. The van der Waals surface area contributed by atoms with Crippen LogP contribution in [0, 0.1) is 0 Å². The molecule has 0 radical (unpaired) electrons. The summed E-state index contributed by atoms with van der Waals surface area (Å²) in [6, 6.07) is 0.642. The van der Waals surface area contributed by atoms with Gasteiger partial charge in [0.15, 0.2) is 0 Å². The summed E-state index contributed by atoms with van der Waals surface area (Å²) in [4.78, 5) is 2.37. The fraction of sp³-hybridized carbons (Fsp3) is 1.00. The van der Waals surface area contributed by atoms with Crippen molar-refractivity contribution >= 4 is 0 Å². The molecule has 0 bridgehead atoms. The Morgan fingerprint density at radius 2 is 2.00 bits per heavy atom. The maximum absolute atomic E-state index is 5.85. The van der Waals surface area contributed by atoms with Gasteiger partial charge in [0.25, 0.3) is 0 Å². The van der Waals surface area contributed by atoms with Gasteiger partial charge in [0, 0.05) is 19.2 Å². The number of piperidine rings is 1. The first-order valence-electron chi connectivity index (χ1n) is 6.22. The molecule has 15 heavy (non-hydrogen) atoms. The minimum Gasteiger partial charge on any atom is -0.378 e. The SMILES string of the molecule is CC(C)N(C)CCCOC1CCNCC1. The summed E-state index contributed by atoms with van der Waals surface area (Å²) in [7, 11) is 2.18. The van der Waals surface area contributed by atoms with Crippen molar-refractivity contribution in [3.05, 3.63) is 0 Å². The van der Waals surface area contributed by atoms with Crippen LogP contribution in [0.3, 0.4) is 0 Å². The number of nitrogens with zero attached hydrogens (tertiary/aromatic N) is 1. The molecule has 0 aromatic rings. The van der Waals surface area contributed by atoms with Crippen LogP contribution in [0.2, 0.25) is 0 Å². The molecule has 1 heterocycles. The molecular weight excluding hydrogens is 188 g/mol. The molecule has 3 nitrogen and oxygen atoms in total. The van der Waals surface area contributed by atoms with Crippen molar-refractivity contribution < 1.29 is 4.74 Å². The van der Waals surface area contributed by atoms with E-state index in [0.29, 0.717) is 12.1 Å². The second-order valence-electron chi connectivity index (χ2n) is 4.75. The van der Waals surface area contributed by atoms with Crippen molar-refractivity contribution in [2.24, 2.45) is 0 Å². The van der Waals surface area contributed by atoms with Crippen LogP contribution in [0.5, 0.6) is 0 Å². The van der Waals surface area contributed by atoms with E-state index in [1.54, 1.807) is 0 Å². The Hall–Kier alpha value is -0.120. The normalized spacial score (nSPS) is 19.0. The number of rotatable bonds is 6. The van der Waals surface area contributed by atoms with Crippen LogP contribution < -0.4 is 5.32 Å². The average Bonchev–Trinajstić information content (AvgIpc) is 2.25. The molecule has 0 aromatic heterocycles. The minimum absolute atomic E-state index is 0.510. The molecule has 1 aliphatic heterocycles. The van der Waals surface area contributed by atoms with E-state index in [1.807, 2.05) is 0 Å². The number of nitrogens with one attached hydrogen (secondary N) is 1. The van der Waals surface area contributed by atoms with Crippen molar-refractivity contribution in [2.45, 2.75) is 45.3 Å². The lowest BCUT2D eigenvalue weighted by Crippen LogP contribution is -2.33. The van der Waals surface area contributed by atoms with Crippen LogP contribution in [0.25, 0.3) is 0 Å². The smallest absolute Gasteiger partial charge is 0.0599 e. The van der Waals surface area contributed by atoms with E-state index < -0.39 is 0 Å². The molecule has 1 aliphatic rings. The standard InChI is InChI=1S/C12H26N2O/c1-11(2)14(3)9-4-10-15-12-5-7-13-8-6-12/h11-13H,4-10H2,1-3H3. The third-order valence-electron chi connectivity index (χ3n) is 3.18. The van der Waals surface area contributed by atoms with Crippen molar-refractivity contribution in [2.75, 3.05) is 33.3 Å². The minimum atomic E-state index is 0.510. The van der Waals surface area contributed by atoms with E-state index in [0.717, 1.165) is 32.7 Å². The summed E-state index contributed by atoms with van der Waals surface area (Å²) in [6.45, 7) is 8.76. The van der Waals surface area contributed by atoms with Gasteiger partial charge in [-0.2, -0.15) is 0 Å². The molecule has 1 rings (SSSR count). The molecular formula is C12H26N2O. The van der Waals surface area contributed by atoms with Gasteiger partial charge in [-0.1, -0.05) is 0 Å². The molecule has 1 fully saturated rings. The first-order valence-corrected chi connectivity index (χ1v) is 6.22. The van der Waals surface area contributed by atoms with Gasteiger partial charge >= 0.3 is 0 Å². The topological polar surface area (TPSA) is 24.5 Å². The van der Waals surface area contributed by atoms with Crippen molar-refractivity contribution in [1.82, 2.24) is 10.2 Å². The van der Waals surface area contributed by atoms with Crippen LogP contribution in [0.15, 0.2) is 0 Å². The molecule has 0 aliphatic carbocycles. The van der Waals surface area contributed by atoms with Crippen LogP contribution in [0.1, 0.15) is 33.1 Å². The molecule has 1 saturated heterocycles. The zero-order valence-corrected chi connectivity index (χ0v) is 10.5. The molecule has 90 valence electrons. The summed E-state index contributed by atoms with van der Waals surface area (Å²) >= 11 is 0. The first kappa shape index (κ1) is 12.9. The Bertz CT molecular complexity index is 156. The van der Waals surface area contributed by atoms with Crippen LogP contribution in [-0.2, 0) is 4.74 Å². The van der Waals surface area contributed by atoms with Gasteiger partial charge in [-0.3, -0.25) is 0 Å². The van der Waals surface area contributed by atoms with Gasteiger partial charge in [-0.25, -0.2) is 0 Å². The highest BCUT2D eigenvalue weighted by atomic mass is 16.5. The molecule has 0 aromatic carbocycles. The van der Waals surface area contributed by atoms with E-state index in [9.17, 15) is 0 Å². The monoisotopic (exact) mass is 214 g/mol. The summed E-state index contributed by atoms with van der Waals surface area (Å²) in [6.07, 6.45) is 4.02. The molecule has 0 saturated carbocycles. The van der Waals surface area contributed by atoms with E-state index in [4.69, 9.17) is 4.74 Å². The van der Waals surface area contributed by atoms with Gasteiger partial charge in [0.1, 0.15) is 0 Å². The van der Waals surface area contributed by atoms with Crippen molar-refractivity contribution in [3.63, 3.8) is 0 Å². The largest absolute Gasteiger partial charge is 0.378 e. The van der Waals surface area contributed by atoms with Crippen LogP contribution in [-0.4, -0.2) is 50.3 Å². The van der Waals surface area contributed by atoms with Gasteiger partial charge in [-0.15, -0.1) is 0 Å². The molecule has 1 N–H and O–H groups in total. The van der Waals surface area contributed by atoms with Gasteiger partial charge in [0.2, 0.25) is 0 Å². The summed E-state index contributed by atoms with van der Waals surface area (Å²) < 4.78 is 5.85.